The van der Waals surface area contributed by atoms with Crippen molar-refractivity contribution >= 4 is 5.91 Å². The smallest absolute Gasteiger partial charge is 0.274 e. The molecule has 0 N–H and O–H groups in total. The zero-order chi connectivity index (χ0) is 11.5. The fraction of sp³-hybridized carbons (Fsp3) is 0.727. The van der Waals surface area contributed by atoms with E-state index >= 15 is 0 Å². The Kier molecular flexibility index (Phi) is 3.74. The first kappa shape index (κ1) is 12.0. The van der Waals surface area contributed by atoms with Crippen molar-refractivity contribution in [1.29, 1.82) is 0 Å². The minimum Gasteiger partial charge on any atom is -0.309 e. The fourth-order valence-corrected chi connectivity index (χ4v) is 1.60. The molecule has 4 nitrogen and oxygen atoms in total. The van der Waals surface area contributed by atoms with Crippen LogP contribution >= 0.6 is 0 Å². The Morgan fingerprint density at radius 1 is 1.47 bits per heavy atom. The van der Waals surface area contributed by atoms with Crippen LogP contribution in [0.3, 0.4) is 0 Å². The van der Waals surface area contributed by atoms with Gasteiger partial charge in [-0.1, -0.05) is 6.92 Å². The van der Waals surface area contributed by atoms with E-state index in [2.05, 4.69) is 15.1 Å². The molecule has 0 aromatic rings. The first-order chi connectivity index (χ1) is 7.00. The standard InChI is InChI=1S/C11H19N3O/c1-5-11(2)9(6-7-14(3)4)8-12-13-10(11)15/h8H,5-7H2,1-4H3. The van der Waals surface area contributed by atoms with Crippen molar-refractivity contribution in [2.24, 2.45) is 15.6 Å². The molecule has 0 radical (unpaired) electrons. The number of azo groups is 1. The maximum Gasteiger partial charge on any atom is 0.274 e. The van der Waals surface area contributed by atoms with E-state index in [4.69, 9.17) is 0 Å². The van der Waals surface area contributed by atoms with E-state index in [0.29, 0.717) is 0 Å². The largest absolute Gasteiger partial charge is 0.309 e. The molecule has 1 amide bonds. The van der Waals surface area contributed by atoms with Crippen LogP contribution in [0.1, 0.15) is 26.7 Å². The van der Waals surface area contributed by atoms with Crippen molar-refractivity contribution in [3.8, 4) is 0 Å². The van der Waals surface area contributed by atoms with Gasteiger partial charge in [-0.2, -0.15) is 5.11 Å². The fourth-order valence-electron chi connectivity index (χ4n) is 1.60. The summed E-state index contributed by atoms with van der Waals surface area (Å²) in [6.45, 7) is 4.90. The molecule has 1 aliphatic rings. The molecule has 0 aliphatic carbocycles. The summed E-state index contributed by atoms with van der Waals surface area (Å²) in [5.74, 6) is -0.110. The monoisotopic (exact) mass is 209 g/mol. The normalized spacial score (nSPS) is 25.9. The number of nitrogens with zero attached hydrogens (tertiary/aromatic N) is 3. The second kappa shape index (κ2) is 4.66. The summed E-state index contributed by atoms with van der Waals surface area (Å²) in [6, 6.07) is 0. The summed E-state index contributed by atoms with van der Waals surface area (Å²) >= 11 is 0. The predicted molar refractivity (Wildman–Crippen MR) is 59.5 cm³/mol. The van der Waals surface area contributed by atoms with Gasteiger partial charge in [-0.15, -0.1) is 5.11 Å². The molecule has 0 bridgehead atoms. The van der Waals surface area contributed by atoms with Crippen LogP contribution in [-0.2, 0) is 4.79 Å². The van der Waals surface area contributed by atoms with Crippen LogP contribution in [0, 0.1) is 5.41 Å². The van der Waals surface area contributed by atoms with Crippen LogP contribution in [0.4, 0.5) is 0 Å². The predicted octanol–water partition coefficient (Wildman–Crippen LogP) is 2.23. The molecule has 0 saturated heterocycles. The minimum absolute atomic E-state index is 0.110. The Labute approximate surface area is 91.1 Å². The van der Waals surface area contributed by atoms with Gasteiger partial charge in [0.1, 0.15) is 0 Å². The minimum atomic E-state index is -0.433. The van der Waals surface area contributed by atoms with E-state index in [0.717, 1.165) is 25.0 Å². The number of amides is 1. The molecule has 1 unspecified atom stereocenters. The van der Waals surface area contributed by atoms with Gasteiger partial charge in [-0.05, 0) is 39.4 Å². The van der Waals surface area contributed by atoms with Crippen molar-refractivity contribution in [3.05, 3.63) is 11.8 Å². The highest BCUT2D eigenvalue weighted by Crippen LogP contribution is 2.36. The van der Waals surface area contributed by atoms with Gasteiger partial charge in [0.2, 0.25) is 0 Å². The van der Waals surface area contributed by atoms with Crippen LogP contribution in [0.2, 0.25) is 0 Å². The Morgan fingerprint density at radius 3 is 2.67 bits per heavy atom. The molecule has 1 heterocycles. The van der Waals surface area contributed by atoms with Crippen molar-refractivity contribution in [3.63, 3.8) is 0 Å². The van der Waals surface area contributed by atoms with Crippen LogP contribution < -0.4 is 0 Å². The summed E-state index contributed by atoms with van der Waals surface area (Å²) in [5, 5.41) is 7.38. The second-order valence-electron chi connectivity index (χ2n) is 4.41. The average molecular weight is 209 g/mol. The van der Waals surface area contributed by atoms with Gasteiger partial charge in [-0.3, -0.25) is 4.79 Å². The van der Waals surface area contributed by atoms with Gasteiger partial charge in [-0.25, -0.2) is 0 Å². The Morgan fingerprint density at radius 2 is 2.13 bits per heavy atom. The average Bonchev–Trinajstić information content (AvgIpc) is 2.20. The molecule has 0 spiro atoms. The van der Waals surface area contributed by atoms with Gasteiger partial charge >= 0.3 is 0 Å². The molecular weight excluding hydrogens is 190 g/mol. The Balaban J connectivity index is 2.80. The Hall–Kier alpha value is -1.03. The van der Waals surface area contributed by atoms with Crippen LogP contribution in [0.15, 0.2) is 22.0 Å². The summed E-state index contributed by atoms with van der Waals surface area (Å²) in [7, 11) is 4.05. The second-order valence-corrected chi connectivity index (χ2v) is 4.41. The van der Waals surface area contributed by atoms with E-state index in [-0.39, 0.29) is 5.91 Å². The Bertz CT molecular complexity index is 307. The highest BCUT2D eigenvalue weighted by Gasteiger charge is 2.37. The number of rotatable bonds is 4. The summed E-state index contributed by atoms with van der Waals surface area (Å²) in [4.78, 5) is 13.8. The van der Waals surface area contributed by atoms with E-state index < -0.39 is 5.41 Å². The summed E-state index contributed by atoms with van der Waals surface area (Å²) < 4.78 is 0. The molecule has 1 rings (SSSR count). The molecule has 0 aromatic heterocycles. The van der Waals surface area contributed by atoms with Crippen LogP contribution in [-0.4, -0.2) is 31.4 Å². The van der Waals surface area contributed by atoms with E-state index in [1.54, 1.807) is 6.20 Å². The van der Waals surface area contributed by atoms with Gasteiger partial charge in [0, 0.05) is 12.7 Å². The molecule has 1 aliphatic heterocycles. The lowest BCUT2D eigenvalue weighted by Gasteiger charge is -2.29. The lowest BCUT2D eigenvalue weighted by molar-refractivity contribution is -0.125. The molecule has 4 heteroatoms. The molecule has 0 aromatic carbocycles. The molecule has 0 saturated carbocycles. The topological polar surface area (TPSA) is 45.0 Å². The third-order valence-corrected chi connectivity index (χ3v) is 3.08. The maximum absolute atomic E-state index is 11.7. The van der Waals surface area contributed by atoms with E-state index in [1.165, 1.54) is 0 Å². The number of carbonyl (C=O) groups is 1. The van der Waals surface area contributed by atoms with Gasteiger partial charge in [0.05, 0.1) is 5.41 Å². The molecular formula is C11H19N3O. The molecule has 0 fully saturated rings. The molecule has 1 atom stereocenters. The third kappa shape index (κ3) is 2.50. The van der Waals surface area contributed by atoms with Gasteiger partial charge < -0.3 is 4.90 Å². The summed E-state index contributed by atoms with van der Waals surface area (Å²) in [6.07, 6.45) is 3.40. The first-order valence-corrected chi connectivity index (χ1v) is 5.30. The number of hydrogen-bond donors (Lipinski definition) is 0. The lowest BCUT2D eigenvalue weighted by atomic mass is 9.77. The van der Waals surface area contributed by atoms with Crippen LogP contribution in [0.25, 0.3) is 0 Å². The molecule has 84 valence electrons. The highest BCUT2D eigenvalue weighted by atomic mass is 16.2. The van der Waals surface area contributed by atoms with Crippen LogP contribution in [0.5, 0.6) is 0 Å². The first-order valence-electron chi connectivity index (χ1n) is 5.30. The zero-order valence-corrected chi connectivity index (χ0v) is 9.95. The van der Waals surface area contributed by atoms with Crippen molar-refractivity contribution in [1.82, 2.24) is 4.90 Å². The van der Waals surface area contributed by atoms with Crippen molar-refractivity contribution in [2.45, 2.75) is 26.7 Å². The van der Waals surface area contributed by atoms with Crippen molar-refractivity contribution < 1.29 is 4.79 Å². The van der Waals surface area contributed by atoms with E-state index in [1.807, 2.05) is 27.9 Å². The number of hydrogen-bond acceptors (Lipinski definition) is 3. The maximum atomic E-state index is 11.7. The highest BCUT2D eigenvalue weighted by molar-refractivity contribution is 5.86. The summed E-state index contributed by atoms with van der Waals surface area (Å²) in [5.41, 5.74) is 0.663. The quantitative estimate of drug-likeness (QED) is 0.712. The zero-order valence-electron chi connectivity index (χ0n) is 9.95. The SMILES string of the molecule is CCC1(C)C(=O)N=NC=C1CCN(C)C. The van der Waals surface area contributed by atoms with Gasteiger partial charge in [0.15, 0.2) is 0 Å². The van der Waals surface area contributed by atoms with Crippen molar-refractivity contribution in [2.75, 3.05) is 20.6 Å². The third-order valence-electron chi connectivity index (χ3n) is 3.08. The van der Waals surface area contributed by atoms with Gasteiger partial charge in [0.25, 0.3) is 5.91 Å². The van der Waals surface area contributed by atoms with E-state index in [9.17, 15) is 4.79 Å². The number of carbonyl (C=O) groups excluding carboxylic acids is 1. The lowest BCUT2D eigenvalue weighted by Crippen LogP contribution is -2.31. The molecule has 15 heavy (non-hydrogen) atoms.